The van der Waals surface area contributed by atoms with Crippen molar-refractivity contribution in [2.45, 2.75) is 38.7 Å². The van der Waals surface area contributed by atoms with E-state index < -0.39 is 5.60 Å². The van der Waals surface area contributed by atoms with E-state index in [-0.39, 0.29) is 5.91 Å². The number of piperidine rings is 1. The summed E-state index contributed by atoms with van der Waals surface area (Å²) in [6.45, 7) is 6.13. The Morgan fingerprint density at radius 3 is 2.62 bits per heavy atom. The highest BCUT2D eigenvalue weighted by Crippen LogP contribution is 2.41. The third kappa shape index (κ3) is 3.10. The van der Waals surface area contributed by atoms with Gasteiger partial charge in [-0.1, -0.05) is 18.2 Å². The second-order valence-corrected chi connectivity index (χ2v) is 9.33. The average molecular weight is 434 g/mol. The third-order valence-corrected chi connectivity index (χ3v) is 7.16. The summed E-state index contributed by atoms with van der Waals surface area (Å²) < 4.78 is 8.43. The van der Waals surface area contributed by atoms with Gasteiger partial charge >= 0.3 is 0 Å². The normalized spacial score (nSPS) is 17.6. The van der Waals surface area contributed by atoms with Crippen LogP contribution in [0.5, 0.6) is 0 Å². The molecule has 4 heterocycles. The van der Waals surface area contributed by atoms with Gasteiger partial charge in [-0.2, -0.15) is 0 Å². The lowest BCUT2D eigenvalue weighted by molar-refractivity contribution is -0.0967. The van der Waals surface area contributed by atoms with Crippen LogP contribution in [-0.4, -0.2) is 59.1 Å². The molecule has 7 nitrogen and oxygen atoms in total. The molecule has 5 rings (SSSR count). The van der Waals surface area contributed by atoms with E-state index in [4.69, 9.17) is 9.72 Å². The molecule has 0 aliphatic carbocycles. The van der Waals surface area contributed by atoms with E-state index in [1.54, 1.807) is 0 Å². The summed E-state index contributed by atoms with van der Waals surface area (Å²) in [5.74, 6) is 0.803. The summed E-state index contributed by atoms with van der Waals surface area (Å²) in [5.41, 5.74) is 5.91. The molecule has 1 saturated heterocycles. The molecule has 2 aliphatic rings. The van der Waals surface area contributed by atoms with Crippen molar-refractivity contribution in [3.8, 4) is 0 Å². The predicted molar refractivity (Wildman–Crippen MR) is 125 cm³/mol. The first-order valence-corrected chi connectivity index (χ1v) is 11.3. The first kappa shape index (κ1) is 20.9. The fourth-order valence-corrected chi connectivity index (χ4v) is 5.42. The maximum absolute atomic E-state index is 13.6. The van der Waals surface area contributed by atoms with Crippen LogP contribution in [0.3, 0.4) is 0 Å². The first-order chi connectivity index (χ1) is 15.3. The van der Waals surface area contributed by atoms with Gasteiger partial charge in [0.15, 0.2) is 0 Å². The summed E-state index contributed by atoms with van der Waals surface area (Å²) in [5, 5.41) is 1.15. The molecule has 7 heteroatoms. The standard InChI is InChI=1S/C25H31N5O2/c1-16-7-6-8-19-17(2)21(29(5)20(16)19)23(31)30-12-10-25(11-13-30)22-18(9-14-32-25)15-26-24(27-22)28(3)4/h6-8,15H,9-14H2,1-5H3. The summed E-state index contributed by atoms with van der Waals surface area (Å²) in [7, 11) is 5.90. The van der Waals surface area contributed by atoms with Crippen molar-refractivity contribution in [3.05, 3.63) is 52.5 Å². The van der Waals surface area contributed by atoms with Crippen molar-refractivity contribution in [2.75, 3.05) is 38.7 Å². The highest BCUT2D eigenvalue weighted by atomic mass is 16.5. The summed E-state index contributed by atoms with van der Waals surface area (Å²) in [4.78, 5) is 26.9. The molecule has 0 radical (unpaired) electrons. The molecular formula is C25H31N5O2. The Morgan fingerprint density at radius 2 is 1.94 bits per heavy atom. The van der Waals surface area contributed by atoms with E-state index in [1.807, 2.05) is 37.1 Å². The van der Waals surface area contributed by atoms with Gasteiger partial charge in [-0.3, -0.25) is 4.79 Å². The summed E-state index contributed by atoms with van der Waals surface area (Å²) in [6.07, 6.45) is 4.28. The van der Waals surface area contributed by atoms with Crippen molar-refractivity contribution in [3.63, 3.8) is 0 Å². The maximum atomic E-state index is 13.6. The number of hydrogen-bond acceptors (Lipinski definition) is 5. The predicted octanol–water partition coefficient (Wildman–Crippen LogP) is 3.36. The zero-order chi connectivity index (χ0) is 22.6. The van der Waals surface area contributed by atoms with Gasteiger partial charge in [0.2, 0.25) is 5.95 Å². The molecule has 0 atom stereocenters. The minimum atomic E-state index is -0.428. The second-order valence-electron chi connectivity index (χ2n) is 9.33. The molecule has 2 aromatic heterocycles. The van der Waals surface area contributed by atoms with Crippen LogP contribution in [0.25, 0.3) is 10.9 Å². The van der Waals surface area contributed by atoms with Gasteiger partial charge in [0, 0.05) is 45.8 Å². The van der Waals surface area contributed by atoms with E-state index in [0.29, 0.717) is 25.6 Å². The smallest absolute Gasteiger partial charge is 0.270 e. The van der Waals surface area contributed by atoms with Crippen LogP contribution in [0, 0.1) is 13.8 Å². The minimum Gasteiger partial charge on any atom is -0.368 e. The van der Waals surface area contributed by atoms with Crippen LogP contribution in [0.1, 0.15) is 45.7 Å². The number of aryl methyl sites for hydroxylation is 3. The van der Waals surface area contributed by atoms with Crippen molar-refractivity contribution >= 4 is 22.8 Å². The van der Waals surface area contributed by atoms with Crippen LogP contribution in [0.2, 0.25) is 0 Å². The van der Waals surface area contributed by atoms with Gasteiger partial charge < -0.3 is 19.1 Å². The number of aromatic nitrogens is 3. The van der Waals surface area contributed by atoms with Gasteiger partial charge in [0.05, 0.1) is 17.8 Å². The Balaban J connectivity index is 1.43. The number of benzene rings is 1. The van der Waals surface area contributed by atoms with Crippen molar-refractivity contribution in [2.24, 2.45) is 7.05 Å². The molecule has 0 N–H and O–H groups in total. The minimum absolute atomic E-state index is 0.100. The number of carbonyl (C=O) groups excluding carboxylic acids is 1. The number of anilines is 1. The highest BCUT2D eigenvalue weighted by Gasteiger charge is 2.44. The van der Waals surface area contributed by atoms with Gasteiger partial charge in [-0.25, -0.2) is 9.97 Å². The SMILES string of the molecule is Cc1c(C(=O)N2CCC3(CC2)OCCc2cnc(N(C)C)nc23)n(C)c2c(C)cccc12. The fourth-order valence-electron chi connectivity index (χ4n) is 5.42. The maximum Gasteiger partial charge on any atom is 0.270 e. The van der Waals surface area contributed by atoms with Gasteiger partial charge in [0.25, 0.3) is 5.91 Å². The second kappa shape index (κ2) is 7.59. The first-order valence-electron chi connectivity index (χ1n) is 11.3. The topological polar surface area (TPSA) is 63.5 Å². The molecule has 2 aliphatic heterocycles. The molecule has 3 aromatic rings. The quantitative estimate of drug-likeness (QED) is 0.620. The number of ether oxygens (including phenoxy) is 1. The van der Waals surface area contributed by atoms with Crippen LogP contribution in [0.15, 0.2) is 24.4 Å². The zero-order valence-electron chi connectivity index (χ0n) is 19.6. The number of para-hydroxylation sites is 1. The van der Waals surface area contributed by atoms with E-state index in [2.05, 4.69) is 41.6 Å². The largest absolute Gasteiger partial charge is 0.368 e. The highest BCUT2D eigenvalue weighted by molar-refractivity contribution is 6.02. The lowest BCUT2D eigenvalue weighted by atomic mass is 9.83. The Kier molecular flexibility index (Phi) is 4.97. The van der Waals surface area contributed by atoms with Crippen LogP contribution in [0.4, 0.5) is 5.95 Å². The number of likely N-dealkylation sites (tertiary alicyclic amines) is 1. The molecule has 0 saturated carbocycles. The molecule has 1 fully saturated rings. The van der Waals surface area contributed by atoms with E-state index in [1.165, 1.54) is 11.1 Å². The lowest BCUT2D eigenvalue weighted by Crippen LogP contribution is -2.49. The Bertz CT molecular complexity index is 1200. The molecule has 1 spiro atoms. The molecule has 1 aromatic carbocycles. The number of amides is 1. The molecule has 1 amide bonds. The number of hydrogen-bond donors (Lipinski definition) is 0. The fraction of sp³-hybridized carbons (Fsp3) is 0.480. The number of fused-ring (bicyclic) bond motifs is 3. The summed E-state index contributed by atoms with van der Waals surface area (Å²) in [6, 6.07) is 6.27. The lowest BCUT2D eigenvalue weighted by Gasteiger charge is -2.44. The average Bonchev–Trinajstić information content (AvgIpc) is 3.05. The van der Waals surface area contributed by atoms with Crippen molar-refractivity contribution < 1.29 is 9.53 Å². The van der Waals surface area contributed by atoms with Gasteiger partial charge in [-0.15, -0.1) is 0 Å². The number of rotatable bonds is 2. The number of carbonyl (C=O) groups is 1. The number of nitrogens with zero attached hydrogens (tertiary/aromatic N) is 5. The zero-order valence-corrected chi connectivity index (χ0v) is 19.6. The molecule has 0 unspecified atom stereocenters. The Labute approximate surface area is 189 Å². The Hall–Kier alpha value is -2.93. The molecule has 32 heavy (non-hydrogen) atoms. The summed E-state index contributed by atoms with van der Waals surface area (Å²) >= 11 is 0. The van der Waals surface area contributed by atoms with Crippen LogP contribution < -0.4 is 4.90 Å². The van der Waals surface area contributed by atoms with Crippen LogP contribution in [-0.2, 0) is 23.8 Å². The molecule has 0 bridgehead atoms. The van der Waals surface area contributed by atoms with E-state index in [0.717, 1.165) is 47.1 Å². The third-order valence-electron chi connectivity index (χ3n) is 7.16. The van der Waals surface area contributed by atoms with Gasteiger partial charge in [0.1, 0.15) is 11.3 Å². The van der Waals surface area contributed by atoms with Crippen molar-refractivity contribution in [1.29, 1.82) is 0 Å². The van der Waals surface area contributed by atoms with E-state index in [9.17, 15) is 4.79 Å². The van der Waals surface area contributed by atoms with E-state index >= 15 is 0 Å². The molecular weight excluding hydrogens is 402 g/mol. The van der Waals surface area contributed by atoms with Gasteiger partial charge in [-0.05, 0) is 49.8 Å². The van der Waals surface area contributed by atoms with Crippen molar-refractivity contribution in [1.82, 2.24) is 19.4 Å². The molecule has 168 valence electrons. The monoisotopic (exact) mass is 433 g/mol. The van der Waals surface area contributed by atoms with Crippen LogP contribution >= 0.6 is 0 Å². The Morgan fingerprint density at radius 1 is 1.19 bits per heavy atom.